The first kappa shape index (κ1) is 20.7. The lowest BCUT2D eigenvalue weighted by Crippen LogP contribution is -2.36. The number of halogens is 1. The highest BCUT2D eigenvalue weighted by molar-refractivity contribution is 6.30. The highest BCUT2D eigenvalue weighted by atomic mass is 35.5. The summed E-state index contributed by atoms with van der Waals surface area (Å²) in [6.45, 7) is 0. The monoisotopic (exact) mass is 451 g/mol. The Bertz CT molecular complexity index is 1380. The van der Waals surface area contributed by atoms with Crippen molar-refractivity contribution < 1.29 is 9.48 Å². The minimum absolute atomic E-state index is 0.236. The Morgan fingerprint density at radius 1 is 0.727 bits per heavy atom. The van der Waals surface area contributed by atoms with Crippen LogP contribution in [0.5, 0.6) is 0 Å². The molecule has 0 atom stereocenters. The average molecular weight is 452 g/mol. The summed E-state index contributed by atoms with van der Waals surface area (Å²) in [6.07, 6.45) is 0. The standard InChI is InChI=1S/C27H19ClN4O/c28-23-18-16-20(17-19-23)25-29-31(24-14-8-3-9-15-24)27(22-12-6-2-7-13-22)32(25)30-26(33)21-10-4-1-5-11-21/h1-19H/p+1. The summed E-state index contributed by atoms with van der Waals surface area (Å²) in [7, 11) is 0. The number of benzene rings is 4. The largest absolute Gasteiger partial charge is 0.340 e. The van der Waals surface area contributed by atoms with E-state index in [9.17, 15) is 4.79 Å². The van der Waals surface area contributed by atoms with Crippen LogP contribution in [-0.4, -0.2) is 15.7 Å². The van der Waals surface area contributed by atoms with Gasteiger partial charge in [0.05, 0.1) is 5.56 Å². The summed E-state index contributed by atoms with van der Waals surface area (Å²) in [5.41, 5.74) is 6.21. The molecule has 0 saturated carbocycles. The Balaban J connectivity index is 1.75. The SMILES string of the molecule is O=C(Nn1c(-c2ccc(Cl)cc2)n[n+](-c2ccccc2)c1-c1ccccc1)c1ccccc1. The summed E-state index contributed by atoms with van der Waals surface area (Å²) < 4.78 is 3.57. The Morgan fingerprint density at radius 3 is 1.94 bits per heavy atom. The molecule has 1 amide bonds. The number of hydrogen-bond donors (Lipinski definition) is 1. The molecule has 1 N–H and O–H groups in total. The van der Waals surface area contributed by atoms with E-state index in [2.05, 4.69) is 5.43 Å². The molecule has 6 heteroatoms. The lowest BCUT2D eigenvalue weighted by atomic mass is 10.2. The molecule has 0 fully saturated rings. The van der Waals surface area contributed by atoms with Crippen molar-refractivity contribution in [1.82, 2.24) is 9.77 Å². The van der Waals surface area contributed by atoms with Crippen LogP contribution in [0.25, 0.3) is 28.5 Å². The normalized spacial score (nSPS) is 10.7. The molecule has 33 heavy (non-hydrogen) atoms. The first-order chi connectivity index (χ1) is 16.2. The zero-order chi connectivity index (χ0) is 22.6. The van der Waals surface area contributed by atoms with Crippen molar-refractivity contribution in [3.63, 3.8) is 0 Å². The van der Waals surface area contributed by atoms with E-state index in [-0.39, 0.29) is 5.91 Å². The van der Waals surface area contributed by atoms with Crippen LogP contribution < -0.4 is 10.1 Å². The van der Waals surface area contributed by atoms with E-state index in [0.29, 0.717) is 16.4 Å². The van der Waals surface area contributed by atoms with Crippen molar-refractivity contribution in [3.05, 3.63) is 126 Å². The number of amides is 1. The summed E-state index contributed by atoms with van der Waals surface area (Å²) in [5.74, 6) is 1.07. The summed E-state index contributed by atoms with van der Waals surface area (Å²) in [5, 5.41) is 5.55. The maximum Gasteiger partial charge on any atom is 0.340 e. The third-order valence-corrected chi connectivity index (χ3v) is 5.46. The Hall–Kier alpha value is -4.22. The number of nitrogens with one attached hydrogen (secondary N) is 1. The van der Waals surface area contributed by atoms with Crippen LogP contribution in [-0.2, 0) is 0 Å². The first-order valence-corrected chi connectivity index (χ1v) is 10.9. The third kappa shape index (κ3) is 4.27. The molecule has 5 nitrogen and oxygen atoms in total. The van der Waals surface area contributed by atoms with Crippen molar-refractivity contribution in [2.75, 3.05) is 5.43 Å². The molecule has 0 unspecified atom stereocenters. The molecule has 0 spiro atoms. The van der Waals surface area contributed by atoms with Crippen LogP contribution >= 0.6 is 11.6 Å². The Labute approximate surface area is 196 Å². The molecule has 1 aromatic heterocycles. The van der Waals surface area contributed by atoms with Gasteiger partial charge in [-0.15, -0.1) is 0 Å². The number of carbonyl (C=O) groups is 1. The number of hydrogen-bond acceptors (Lipinski definition) is 2. The lowest BCUT2D eigenvalue weighted by Gasteiger charge is -2.07. The Morgan fingerprint density at radius 2 is 1.30 bits per heavy atom. The van der Waals surface area contributed by atoms with Gasteiger partial charge < -0.3 is 0 Å². The minimum atomic E-state index is -0.236. The predicted molar refractivity (Wildman–Crippen MR) is 130 cm³/mol. The zero-order valence-electron chi connectivity index (χ0n) is 17.6. The quantitative estimate of drug-likeness (QED) is 0.357. The van der Waals surface area contributed by atoms with Crippen LogP contribution in [0.2, 0.25) is 5.02 Å². The van der Waals surface area contributed by atoms with E-state index in [4.69, 9.17) is 16.7 Å². The number of nitrogens with zero attached hydrogens (tertiary/aromatic N) is 3. The van der Waals surface area contributed by atoms with Crippen molar-refractivity contribution in [2.45, 2.75) is 0 Å². The van der Waals surface area contributed by atoms with E-state index in [0.717, 1.165) is 22.6 Å². The second-order valence-corrected chi connectivity index (χ2v) is 7.85. The van der Waals surface area contributed by atoms with Gasteiger partial charge in [-0.2, -0.15) is 5.43 Å². The average Bonchev–Trinajstić information content (AvgIpc) is 3.25. The second-order valence-electron chi connectivity index (χ2n) is 7.41. The molecule has 0 aliphatic carbocycles. The lowest BCUT2D eigenvalue weighted by molar-refractivity contribution is -0.645. The Kier molecular flexibility index (Phi) is 5.70. The molecule has 0 radical (unpaired) electrons. The topological polar surface area (TPSA) is 50.8 Å². The van der Waals surface area contributed by atoms with Gasteiger partial charge in [0.25, 0.3) is 11.7 Å². The van der Waals surface area contributed by atoms with Crippen LogP contribution in [0.15, 0.2) is 115 Å². The molecule has 5 rings (SSSR count). The summed E-state index contributed by atoms with van der Waals surface area (Å²) in [4.78, 5) is 13.2. The minimum Gasteiger partial charge on any atom is -0.266 e. The van der Waals surface area contributed by atoms with Gasteiger partial charge in [0.2, 0.25) is 0 Å². The fourth-order valence-electron chi connectivity index (χ4n) is 3.62. The van der Waals surface area contributed by atoms with Crippen molar-refractivity contribution in [1.29, 1.82) is 0 Å². The zero-order valence-corrected chi connectivity index (χ0v) is 18.4. The third-order valence-electron chi connectivity index (χ3n) is 5.20. The fraction of sp³-hybridized carbons (Fsp3) is 0. The van der Waals surface area contributed by atoms with Gasteiger partial charge in [0.1, 0.15) is 0 Å². The smallest absolute Gasteiger partial charge is 0.266 e. The molecule has 160 valence electrons. The van der Waals surface area contributed by atoms with E-state index in [1.165, 1.54) is 0 Å². The molecule has 4 aromatic carbocycles. The van der Waals surface area contributed by atoms with Crippen molar-refractivity contribution >= 4 is 17.5 Å². The molecular formula is C27H20ClN4O+. The number of rotatable bonds is 5. The van der Waals surface area contributed by atoms with Gasteiger partial charge in [-0.25, -0.2) is 0 Å². The number of aromatic nitrogens is 3. The van der Waals surface area contributed by atoms with Gasteiger partial charge in [-0.3, -0.25) is 4.79 Å². The van der Waals surface area contributed by atoms with Crippen molar-refractivity contribution in [3.8, 4) is 28.5 Å². The van der Waals surface area contributed by atoms with E-state index in [1.54, 1.807) is 16.8 Å². The molecule has 0 saturated heterocycles. The van der Waals surface area contributed by atoms with Crippen LogP contribution in [0.3, 0.4) is 0 Å². The summed E-state index contributed by atoms with van der Waals surface area (Å²) in [6, 6.07) is 36.2. The van der Waals surface area contributed by atoms with Gasteiger partial charge >= 0.3 is 5.82 Å². The van der Waals surface area contributed by atoms with Crippen LogP contribution in [0.4, 0.5) is 0 Å². The second kappa shape index (κ2) is 9.10. The number of carbonyl (C=O) groups excluding carboxylic acids is 1. The molecule has 5 aromatic rings. The highest BCUT2D eigenvalue weighted by Crippen LogP contribution is 2.25. The predicted octanol–water partition coefficient (Wildman–Crippen LogP) is 5.53. The van der Waals surface area contributed by atoms with Crippen molar-refractivity contribution in [2.24, 2.45) is 0 Å². The number of para-hydroxylation sites is 1. The maximum atomic E-state index is 13.2. The molecular weight excluding hydrogens is 432 g/mol. The maximum absolute atomic E-state index is 13.2. The van der Waals surface area contributed by atoms with Crippen LogP contribution in [0, 0.1) is 0 Å². The molecule has 0 aliphatic heterocycles. The van der Waals surface area contributed by atoms with E-state index >= 15 is 0 Å². The van der Waals surface area contributed by atoms with Gasteiger partial charge in [-0.1, -0.05) is 75.6 Å². The highest BCUT2D eigenvalue weighted by Gasteiger charge is 2.31. The van der Waals surface area contributed by atoms with E-state index < -0.39 is 0 Å². The molecule has 1 heterocycles. The van der Waals surface area contributed by atoms with Gasteiger partial charge in [0.15, 0.2) is 5.69 Å². The van der Waals surface area contributed by atoms with Gasteiger partial charge in [-0.05, 0) is 65.8 Å². The summed E-state index contributed by atoms with van der Waals surface area (Å²) >= 11 is 6.13. The van der Waals surface area contributed by atoms with E-state index in [1.807, 2.05) is 108 Å². The fourth-order valence-corrected chi connectivity index (χ4v) is 3.74. The first-order valence-electron chi connectivity index (χ1n) is 10.5. The molecule has 0 aliphatic rings. The molecule has 0 bridgehead atoms. The van der Waals surface area contributed by atoms with Crippen LogP contribution in [0.1, 0.15) is 10.4 Å². The van der Waals surface area contributed by atoms with Gasteiger partial charge in [0, 0.05) is 16.1 Å².